The summed E-state index contributed by atoms with van der Waals surface area (Å²) >= 11 is 0. The zero-order valence-electron chi connectivity index (χ0n) is 28.9. The predicted molar refractivity (Wildman–Crippen MR) is 223 cm³/mol. The highest BCUT2D eigenvalue weighted by molar-refractivity contribution is 6.12. The molecule has 10 rings (SSSR count). The van der Waals surface area contributed by atoms with E-state index >= 15 is 0 Å². The Morgan fingerprint density at radius 3 is 1.70 bits per heavy atom. The first kappa shape index (κ1) is 30.7. The van der Waals surface area contributed by atoms with Crippen LogP contribution >= 0.6 is 0 Å². The Bertz CT molecular complexity index is 2950. The van der Waals surface area contributed by atoms with Gasteiger partial charge in [-0.25, -0.2) is 9.97 Å². The van der Waals surface area contributed by atoms with Crippen molar-refractivity contribution >= 4 is 60.5 Å². The third-order valence-electron chi connectivity index (χ3n) is 10.2. The van der Waals surface area contributed by atoms with Gasteiger partial charge < -0.3 is 0 Å². The summed E-state index contributed by atoms with van der Waals surface area (Å²) in [6.45, 7) is 0. The monoisotopic (exact) mass is 675 g/mol. The van der Waals surface area contributed by atoms with Crippen molar-refractivity contribution in [3.05, 3.63) is 200 Å². The lowest BCUT2D eigenvalue weighted by Gasteiger charge is -2.27. The molecule has 0 aliphatic carbocycles. The van der Waals surface area contributed by atoms with E-state index in [1.165, 1.54) is 21.7 Å². The normalized spacial score (nSPS) is 11.4. The van der Waals surface area contributed by atoms with Crippen LogP contribution in [0.2, 0.25) is 0 Å². The van der Waals surface area contributed by atoms with E-state index in [1.54, 1.807) is 0 Å². The van der Waals surface area contributed by atoms with E-state index in [2.05, 4.69) is 205 Å². The van der Waals surface area contributed by atoms with E-state index < -0.39 is 0 Å². The van der Waals surface area contributed by atoms with Gasteiger partial charge in [-0.15, -0.1) is 0 Å². The van der Waals surface area contributed by atoms with Gasteiger partial charge in [-0.1, -0.05) is 164 Å². The Hall–Kier alpha value is -7.10. The average molecular weight is 676 g/mol. The van der Waals surface area contributed by atoms with Crippen LogP contribution in [0.3, 0.4) is 0 Å². The molecule has 0 atom stereocenters. The molecule has 0 saturated carbocycles. The molecule has 0 aliphatic heterocycles. The lowest BCUT2D eigenvalue weighted by Crippen LogP contribution is -2.15. The van der Waals surface area contributed by atoms with Crippen molar-refractivity contribution in [2.75, 3.05) is 4.90 Å². The highest BCUT2D eigenvalue weighted by Gasteiger charge is 2.23. The summed E-state index contributed by atoms with van der Waals surface area (Å²) in [6, 6.07) is 71.1. The molecule has 0 aliphatic rings. The molecule has 3 heteroatoms. The van der Waals surface area contributed by atoms with Crippen LogP contribution in [-0.4, -0.2) is 9.97 Å². The number of hydrogen-bond donors (Lipinski definition) is 0. The van der Waals surface area contributed by atoms with E-state index in [-0.39, 0.29) is 0 Å². The van der Waals surface area contributed by atoms with Gasteiger partial charge in [0.2, 0.25) is 5.95 Å². The minimum atomic E-state index is 0.608. The first-order valence-corrected chi connectivity index (χ1v) is 18.0. The molecule has 248 valence electrons. The molecular formula is C50H33N3. The summed E-state index contributed by atoms with van der Waals surface area (Å²) in [5.74, 6) is 0.608. The number of anilines is 3. The van der Waals surface area contributed by atoms with Crippen LogP contribution in [0.25, 0.3) is 76.7 Å². The van der Waals surface area contributed by atoms with E-state index in [4.69, 9.17) is 9.97 Å². The number of fused-ring (bicyclic) bond motifs is 5. The molecule has 53 heavy (non-hydrogen) atoms. The topological polar surface area (TPSA) is 29.0 Å². The molecule has 9 aromatic carbocycles. The van der Waals surface area contributed by atoms with Crippen LogP contribution in [0.15, 0.2) is 200 Å². The average Bonchev–Trinajstić information content (AvgIpc) is 3.24. The Morgan fingerprint density at radius 1 is 0.358 bits per heavy atom. The fraction of sp³-hybridized carbons (Fsp3) is 0. The van der Waals surface area contributed by atoms with Crippen molar-refractivity contribution in [2.24, 2.45) is 0 Å². The fourth-order valence-electron chi connectivity index (χ4n) is 7.60. The molecule has 1 aromatic heterocycles. The number of rotatable bonds is 6. The van der Waals surface area contributed by atoms with Crippen molar-refractivity contribution in [3.63, 3.8) is 0 Å². The van der Waals surface area contributed by atoms with Crippen LogP contribution in [0, 0.1) is 0 Å². The molecule has 0 saturated heterocycles. The Kier molecular flexibility index (Phi) is 7.47. The smallest absolute Gasteiger partial charge is 0.235 e. The molecule has 0 unspecified atom stereocenters. The summed E-state index contributed by atoms with van der Waals surface area (Å²) in [5, 5.41) is 8.08. The van der Waals surface area contributed by atoms with Crippen LogP contribution in [0.5, 0.6) is 0 Å². The highest BCUT2D eigenvalue weighted by Crippen LogP contribution is 2.44. The Morgan fingerprint density at radius 2 is 0.943 bits per heavy atom. The third kappa shape index (κ3) is 5.56. The van der Waals surface area contributed by atoms with E-state index in [9.17, 15) is 0 Å². The standard InChI is InChI=1S/C50H33N3/c1-3-13-34(14-4-1)41-27-30-47(45(33-41)42-24-23-35-15-7-9-20-39(35)31-42)53(43-28-25-36-16-8-10-21-40(36)32-43)50-51-46-29-26-37-17-11-12-22-44(37)48(46)49(52-50)38-18-5-2-6-19-38/h1-33H. The number of benzene rings is 9. The molecule has 10 aromatic rings. The van der Waals surface area contributed by atoms with Crippen molar-refractivity contribution < 1.29 is 0 Å². The molecule has 0 N–H and O–H groups in total. The first-order valence-electron chi connectivity index (χ1n) is 18.0. The van der Waals surface area contributed by atoms with Gasteiger partial charge in [0.25, 0.3) is 0 Å². The van der Waals surface area contributed by atoms with Crippen LogP contribution in [0.1, 0.15) is 0 Å². The van der Waals surface area contributed by atoms with Crippen LogP contribution in [0.4, 0.5) is 17.3 Å². The highest BCUT2D eigenvalue weighted by atomic mass is 15.3. The molecular weight excluding hydrogens is 643 g/mol. The van der Waals surface area contributed by atoms with Gasteiger partial charge >= 0.3 is 0 Å². The van der Waals surface area contributed by atoms with Gasteiger partial charge in [0.1, 0.15) is 0 Å². The minimum Gasteiger partial charge on any atom is -0.278 e. The summed E-state index contributed by atoms with van der Waals surface area (Å²) < 4.78 is 0. The SMILES string of the molecule is c1ccc(-c2ccc(N(c3ccc4ccccc4c3)c3nc(-c4ccccc4)c4c(ccc5ccccc54)n3)c(-c3ccc4ccccc4c3)c2)cc1. The second-order valence-corrected chi connectivity index (χ2v) is 13.4. The van der Waals surface area contributed by atoms with Gasteiger partial charge in [-0.05, 0) is 85.4 Å². The molecule has 0 radical (unpaired) electrons. The largest absolute Gasteiger partial charge is 0.278 e. The third-order valence-corrected chi connectivity index (χ3v) is 10.2. The second-order valence-electron chi connectivity index (χ2n) is 13.4. The Labute approximate surface area is 308 Å². The summed E-state index contributed by atoms with van der Waals surface area (Å²) in [6.07, 6.45) is 0. The maximum atomic E-state index is 5.53. The van der Waals surface area contributed by atoms with Crippen LogP contribution in [-0.2, 0) is 0 Å². The van der Waals surface area contributed by atoms with Gasteiger partial charge in [0.15, 0.2) is 0 Å². The number of aromatic nitrogens is 2. The van der Waals surface area contributed by atoms with Gasteiger partial charge in [-0.3, -0.25) is 4.90 Å². The van der Waals surface area contributed by atoms with Gasteiger partial charge in [0, 0.05) is 22.2 Å². The van der Waals surface area contributed by atoms with Gasteiger partial charge in [0.05, 0.1) is 16.9 Å². The van der Waals surface area contributed by atoms with E-state index in [1.807, 2.05) is 0 Å². The Balaban J connectivity index is 1.29. The van der Waals surface area contributed by atoms with E-state index in [0.717, 1.165) is 66.4 Å². The fourth-order valence-corrected chi connectivity index (χ4v) is 7.60. The van der Waals surface area contributed by atoms with Gasteiger partial charge in [-0.2, -0.15) is 0 Å². The molecule has 0 bridgehead atoms. The zero-order chi connectivity index (χ0) is 35.1. The second kappa shape index (κ2) is 12.9. The molecule has 0 amide bonds. The zero-order valence-corrected chi connectivity index (χ0v) is 28.9. The van der Waals surface area contributed by atoms with Crippen molar-refractivity contribution in [1.29, 1.82) is 0 Å². The maximum Gasteiger partial charge on any atom is 0.235 e. The van der Waals surface area contributed by atoms with Crippen LogP contribution < -0.4 is 4.90 Å². The summed E-state index contributed by atoms with van der Waals surface area (Å²) in [4.78, 5) is 13.2. The van der Waals surface area contributed by atoms with Crippen molar-refractivity contribution in [2.45, 2.75) is 0 Å². The lowest BCUT2D eigenvalue weighted by molar-refractivity contribution is 1.11. The predicted octanol–water partition coefficient (Wildman–Crippen LogP) is 13.6. The summed E-state index contributed by atoms with van der Waals surface area (Å²) in [5.41, 5.74) is 9.35. The summed E-state index contributed by atoms with van der Waals surface area (Å²) in [7, 11) is 0. The maximum absolute atomic E-state index is 5.53. The minimum absolute atomic E-state index is 0.608. The number of nitrogens with zero attached hydrogens (tertiary/aromatic N) is 3. The van der Waals surface area contributed by atoms with Crippen molar-refractivity contribution in [1.82, 2.24) is 9.97 Å². The molecule has 3 nitrogen and oxygen atoms in total. The van der Waals surface area contributed by atoms with E-state index in [0.29, 0.717) is 5.95 Å². The molecule has 0 spiro atoms. The lowest BCUT2D eigenvalue weighted by atomic mass is 9.95. The van der Waals surface area contributed by atoms with Crippen molar-refractivity contribution in [3.8, 4) is 33.5 Å². The first-order chi connectivity index (χ1) is 26.3. The molecule has 0 fully saturated rings. The quantitative estimate of drug-likeness (QED) is 0.164. The molecule has 1 heterocycles. The number of hydrogen-bond acceptors (Lipinski definition) is 3.